The summed E-state index contributed by atoms with van der Waals surface area (Å²) < 4.78 is 19.5. The minimum atomic E-state index is -0.257. The summed E-state index contributed by atoms with van der Waals surface area (Å²) in [6, 6.07) is 6.56. The van der Waals surface area contributed by atoms with E-state index >= 15 is 0 Å². The number of hydrogen-bond acceptors (Lipinski definition) is 4. The third-order valence-corrected chi connectivity index (χ3v) is 4.77. The van der Waals surface area contributed by atoms with Crippen molar-refractivity contribution in [2.24, 2.45) is 10.7 Å². The van der Waals surface area contributed by atoms with Crippen LogP contribution in [0.4, 0.5) is 10.1 Å². The largest absolute Gasteiger partial charge is 0.375 e. The molecular weight excluding hydrogens is 269 g/mol. The molecule has 21 heavy (non-hydrogen) atoms. The van der Waals surface area contributed by atoms with E-state index in [1.54, 1.807) is 6.07 Å². The average Bonchev–Trinajstić information content (AvgIpc) is 2.75. The zero-order valence-corrected chi connectivity index (χ0v) is 12.6. The van der Waals surface area contributed by atoms with Crippen LogP contribution in [0.3, 0.4) is 0 Å². The molecule has 4 nitrogen and oxygen atoms in total. The molecule has 5 heteroatoms. The molecule has 3 rings (SSSR count). The molecule has 1 spiro atoms. The zero-order chi connectivity index (χ0) is 15.1. The van der Waals surface area contributed by atoms with Gasteiger partial charge in [-0.25, -0.2) is 4.39 Å². The van der Waals surface area contributed by atoms with Gasteiger partial charge in [-0.1, -0.05) is 13.0 Å². The van der Waals surface area contributed by atoms with E-state index in [2.05, 4.69) is 18.8 Å². The molecule has 0 amide bonds. The smallest absolute Gasteiger partial charge is 0.196 e. The van der Waals surface area contributed by atoms with Crippen molar-refractivity contribution in [3.05, 3.63) is 30.1 Å². The van der Waals surface area contributed by atoms with E-state index < -0.39 is 0 Å². The van der Waals surface area contributed by atoms with Crippen LogP contribution in [0, 0.1) is 5.82 Å². The molecule has 1 saturated heterocycles. The highest BCUT2D eigenvalue weighted by Crippen LogP contribution is 2.42. The van der Waals surface area contributed by atoms with Gasteiger partial charge in [-0.2, -0.15) is 0 Å². The molecule has 0 aromatic heterocycles. The lowest BCUT2D eigenvalue weighted by Crippen LogP contribution is -2.59. The lowest BCUT2D eigenvalue weighted by Gasteiger charge is -2.48. The summed E-state index contributed by atoms with van der Waals surface area (Å²) in [5, 5.41) is 0. The summed E-state index contributed by atoms with van der Waals surface area (Å²) in [6.07, 6.45) is 2.63. The van der Waals surface area contributed by atoms with Crippen molar-refractivity contribution in [3.63, 3.8) is 0 Å². The minimum Gasteiger partial charge on any atom is -0.375 e. The van der Waals surface area contributed by atoms with Crippen molar-refractivity contribution in [1.82, 2.24) is 0 Å². The van der Waals surface area contributed by atoms with Crippen molar-refractivity contribution in [2.75, 3.05) is 18.1 Å². The number of guanidine groups is 1. The Morgan fingerprint density at radius 3 is 3.00 bits per heavy atom. The van der Waals surface area contributed by atoms with Crippen LogP contribution in [-0.4, -0.2) is 30.3 Å². The maximum Gasteiger partial charge on any atom is 0.196 e. The summed E-state index contributed by atoms with van der Waals surface area (Å²) >= 11 is 0. The van der Waals surface area contributed by atoms with Crippen LogP contribution >= 0.6 is 0 Å². The fraction of sp³-hybridized carbons (Fsp3) is 0.562. The molecule has 2 aliphatic rings. The second-order valence-electron chi connectivity index (χ2n) is 6.29. The number of aliphatic imine (C=N–C) groups is 1. The molecule has 0 aliphatic carbocycles. The molecule has 2 heterocycles. The van der Waals surface area contributed by atoms with E-state index in [9.17, 15) is 4.39 Å². The van der Waals surface area contributed by atoms with Crippen LogP contribution in [0.15, 0.2) is 29.3 Å². The number of ether oxygens (including phenoxy) is 1. The van der Waals surface area contributed by atoms with E-state index in [1.165, 1.54) is 12.1 Å². The summed E-state index contributed by atoms with van der Waals surface area (Å²) in [5.74, 6) is 0.216. The second kappa shape index (κ2) is 4.98. The van der Waals surface area contributed by atoms with E-state index in [0.717, 1.165) is 24.9 Å². The molecule has 2 aliphatic heterocycles. The van der Waals surface area contributed by atoms with Crippen LogP contribution in [0.5, 0.6) is 0 Å². The van der Waals surface area contributed by atoms with Crippen LogP contribution < -0.4 is 10.6 Å². The molecule has 0 radical (unpaired) electrons. The predicted octanol–water partition coefficient (Wildman–Crippen LogP) is 2.68. The molecule has 2 unspecified atom stereocenters. The van der Waals surface area contributed by atoms with Crippen LogP contribution in [0.25, 0.3) is 0 Å². The first-order chi connectivity index (χ1) is 9.98. The minimum absolute atomic E-state index is 0.177. The Bertz CT molecular complexity index is 576. The Labute approximate surface area is 124 Å². The number of hydrogen-bond donors (Lipinski definition) is 1. The highest BCUT2D eigenvalue weighted by Gasteiger charge is 2.50. The Kier molecular flexibility index (Phi) is 3.40. The standard InChI is InChI=1S/C16H22FN3O/c1-3-15(2)10-16(7-8-21-15)11-19-14(18)20(16)13-6-4-5-12(17)9-13/h4-6,9H,3,7-8,10-11H2,1-2H3,(H2,18,19). The quantitative estimate of drug-likeness (QED) is 0.911. The normalized spacial score (nSPS) is 32.5. The van der Waals surface area contributed by atoms with Gasteiger partial charge < -0.3 is 15.4 Å². The Morgan fingerprint density at radius 1 is 1.48 bits per heavy atom. The lowest BCUT2D eigenvalue weighted by molar-refractivity contribution is -0.0902. The average molecular weight is 291 g/mol. The van der Waals surface area contributed by atoms with Gasteiger partial charge in [0.05, 0.1) is 17.7 Å². The Hall–Kier alpha value is -1.62. The summed E-state index contributed by atoms with van der Waals surface area (Å²) in [7, 11) is 0. The van der Waals surface area contributed by atoms with Gasteiger partial charge in [0.2, 0.25) is 0 Å². The highest BCUT2D eigenvalue weighted by molar-refractivity contribution is 5.98. The third kappa shape index (κ3) is 2.39. The first kappa shape index (κ1) is 14.3. The van der Waals surface area contributed by atoms with Gasteiger partial charge in [-0.3, -0.25) is 4.99 Å². The summed E-state index contributed by atoms with van der Waals surface area (Å²) in [6.45, 7) is 5.59. The molecule has 1 fully saturated rings. The van der Waals surface area contributed by atoms with E-state index in [0.29, 0.717) is 19.1 Å². The molecule has 2 N–H and O–H groups in total. The number of anilines is 1. The highest BCUT2D eigenvalue weighted by atomic mass is 19.1. The van der Waals surface area contributed by atoms with Gasteiger partial charge in [0.15, 0.2) is 5.96 Å². The van der Waals surface area contributed by atoms with Gasteiger partial charge >= 0.3 is 0 Å². The van der Waals surface area contributed by atoms with E-state index in [1.807, 2.05) is 11.0 Å². The first-order valence-corrected chi connectivity index (χ1v) is 7.48. The van der Waals surface area contributed by atoms with Crippen molar-refractivity contribution >= 4 is 11.6 Å². The molecular formula is C16H22FN3O. The molecule has 1 aromatic carbocycles. The van der Waals surface area contributed by atoms with Crippen molar-refractivity contribution in [2.45, 2.75) is 44.2 Å². The van der Waals surface area contributed by atoms with Crippen molar-refractivity contribution < 1.29 is 9.13 Å². The van der Waals surface area contributed by atoms with Gasteiger partial charge in [-0.15, -0.1) is 0 Å². The fourth-order valence-electron chi connectivity index (χ4n) is 3.51. The molecule has 114 valence electrons. The van der Waals surface area contributed by atoms with Crippen LogP contribution in [-0.2, 0) is 4.74 Å². The Morgan fingerprint density at radius 2 is 2.29 bits per heavy atom. The number of benzene rings is 1. The second-order valence-corrected chi connectivity index (χ2v) is 6.29. The number of rotatable bonds is 2. The van der Waals surface area contributed by atoms with E-state index in [4.69, 9.17) is 10.5 Å². The monoisotopic (exact) mass is 291 g/mol. The first-order valence-electron chi connectivity index (χ1n) is 7.48. The van der Waals surface area contributed by atoms with Crippen molar-refractivity contribution in [3.8, 4) is 0 Å². The van der Waals surface area contributed by atoms with Crippen LogP contribution in [0.1, 0.15) is 33.1 Å². The molecule has 0 bridgehead atoms. The topological polar surface area (TPSA) is 50.9 Å². The number of halogens is 1. The maximum atomic E-state index is 13.6. The lowest BCUT2D eigenvalue weighted by atomic mass is 9.78. The SMILES string of the molecule is CCC1(C)CC2(CCO1)CN=C(N)N2c1cccc(F)c1. The molecule has 2 atom stereocenters. The summed E-state index contributed by atoms with van der Waals surface area (Å²) in [5.41, 5.74) is 6.51. The maximum absolute atomic E-state index is 13.6. The molecule has 1 aromatic rings. The number of nitrogens with zero attached hydrogens (tertiary/aromatic N) is 2. The van der Waals surface area contributed by atoms with Gasteiger partial charge in [0, 0.05) is 18.7 Å². The van der Waals surface area contributed by atoms with Crippen molar-refractivity contribution in [1.29, 1.82) is 0 Å². The third-order valence-electron chi connectivity index (χ3n) is 4.77. The van der Waals surface area contributed by atoms with E-state index in [-0.39, 0.29) is 17.0 Å². The van der Waals surface area contributed by atoms with Gasteiger partial charge in [0.25, 0.3) is 0 Å². The van der Waals surface area contributed by atoms with Gasteiger partial charge in [0.1, 0.15) is 5.82 Å². The fourth-order valence-corrected chi connectivity index (χ4v) is 3.51. The van der Waals surface area contributed by atoms with Gasteiger partial charge in [-0.05, 0) is 38.0 Å². The zero-order valence-electron chi connectivity index (χ0n) is 12.6. The number of nitrogens with two attached hydrogens (primary N) is 1. The predicted molar refractivity (Wildman–Crippen MR) is 82.0 cm³/mol. The molecule has 0 saturated carbocycles. The van der Waals surface area contributed by atoms with Crippen LogP contribution in [0.2, 0.25) is 0 Å². The summed E-state index contributed by atoms with van der Waals surface area (Å²) in [4.78, 5) is 6.45. The Balaban J connectivity index is 1.98.